The maximum atomic E-state index is 13.0. The molecule has 0 heterocycles. The number of carbonyl (C=O) groups excluding carboxylic acids is 2. The zero-order valence-corrected chi connectivity index (χ0v) is 16.2. The van der Waals surface area contributed by atoms with Crippen molar-refractivity contribution < 1.29 is 14.0 Å². The molecule has 0 bridgehead atoms. The molecule has 0 unspecified atom stereocenters. The van der Waals surface area contributed by atoms with Gasteiger partial charge < -0.3 is 9.80 Å². The first kappa shape index (κ1) is 20.6. The molecule has 144 valence electrons. The molecule has 2 amide bonds. The van der Waals surface area contributed by atoms with Crippen LogP contribution in [0.2, 0.25) is 0 Å². The van der Waals surface area contributed by atoms with Crippen LogP contribution in [0.1, 0.15) is 38.3 Å². The van der Waals surface area contributed by atoms with Crippen LogP contribution in [0, 0.1) is 5.82 Å². The number of benzene rings is 2. The van der Waals surface area contributed by atoms with Gasteiger partial charge in [0, 0.05) is 39.0 Å². The van der Waals surface area contributed by atoms with Crippen molar-refractivity contribution >= 4 is 11.8 Å². The Morgan fingerprint density at radius 2 is 1.52 bits per heavy atom. The van der Waals surface area contributed by atoms with Crippen LogP contribution in [0.5, 0.6) is 0 Å². The lowest BCUT2D eigenvalue weighted by atomic mass is 10.1. The van der Waals surface area contributed by atoms with Gasteiger partial charge in [-0.15, -0.1) is 0 Å². The van der Waals surface area contributed by atoms with Crippen LogP contribution >= 0.6 is 0 Å². The molecule has 5 heteroatoms. The van der Waals surface area contributed by atoms with Crippen LogP contribution in [0.25, 0.3) is 0 Å². The van der Waals surface area contributed by atoms with Crippen LogP contribution in [0.4, 0.5) is 4.39 Å². The van der Waals surface area contributed by atoms with Crippen molar-refractivity contribution in [3.8, 4) is 0 Å². The molecule has 0 aliphatic rings. The fraction of sp³-hybridized carbons (Fsp3) is 0.364. The molecule has 0 radical (unpaired) electrons. The molecule has 2 aromatic carbocycles. The largest absolute Gasteiger partial charge is 0.338 e. The summed E-state index contributed by atoms with van der Waals surface area (Å²) < 4.78 is 13.0. The van der Waals surface area contributed by atoms with Crippen molar-refractivity contribution in [2.45, 2.75) is 46.3 Å². The lowest BCUT2D eigenvalue weighted by Crippen LogP contribution is -2.39. The van der Waals surface area contributed by atoms with E-state index >= 15 is 0 Å². The Morgan fingerprint density at radius 3 is 2.07 bits per heavy atom. The Bertz CT molecular complexity index is 745. The normalized spacial score (nSPS) is 10.7. The molecule has 2 rings (SSSR count). The fourth-order valence-corrected chi connectivity index (χ4v) is 2.87. The summed E-state index contributed by atoms with van der Waals surface area (Å²) in [5.41, 5.74) is 1.92. The minimum absolute atomic E-state index is 0.0132. The monoisotopic (exact) mass is 370 g/mol. The highest BCUT2D eigenvalue weighted by Crippen LogP contribution is 2.12. The predicted molar refractivity (Wildman–Crippen MR) is 104 cm³/mol. The maximum absolute atomic E-state index is 13.0. The number of rotatable bonds is 8. The number of halogens is 1. The second kappa shape index (κ2) is 9.86. The Morgan fingerprint density at radius 1 is 0.926 bits per heavy atom. The zero-order chi connectivity index (χ0) is 19.8. The van der Waals surface area contributed by atoms with E-state index in [9.17, 15) is 14.0 Å². The first-order chi connectivity index (χ1) is 12.9. The molecule has 2 aromatic rings. The number of hydrogen-bond donors (Lipinski definition) is 0. The smallest absolute Gasteiger partial charge is 0.224 e. The number of hydrogen-bond acceptors (Lipinski definition) is 2. The lowest BCUT2D eigenvalue weighted by molar-refractivity contribution is -0.135. The summed E-state index contributed by atoms with van der Waals surface area (Å²) in [6.45, 7) is 6.71. The fourth-order valence-electron chi connectivity index (χ4n) is 2.87. The van der Waals surface area contributed by atoms with Crippen LogP contribution in [0.3, 0.4) is 0 Å². The molecule has 27 heavy (non-hydrogen) atoms. The highest BCUT2D eigenvalue weighted by atomic mass is 19.1. The highest BCUT2D eigenvalue weighted by molar-refractivity contribution is 5.78. The molecule has 4 nitrogen and oxygen atoms in total. The summed E-state index contributed by atoms with van der Waals surface area (Å²) in [6.07, 6.45) is 0.256. The average molecular weight is 370 g/mol. The number of nitrogens with zero attached hydrogens (tertiary/aromatic N) is 2. The van der Waals surface area contributed by atoms with Gasteiger partial charge in [-0.3, -0.25) is 9.59 Å². The first-order valence-electron chi connectivity index (χ1n) is 9.20. The van der Waals surface area contributed by atoms with Gasteiger partial charge >= 0.3 is 0 Å². The second-order valence-electron chi connectivity index (χ2n) is 6.92. The Balaban J connectivity index is 1.98. The maximum Gasteiger partial charge on any atom is 0.224 e. The predicted octanol–water partition coefficient (Wildman–Crippen LogP) is 4.00. The summed E-state index contributed by atoms with van der Waals surface area (Å²) >= 11 is 0. The minimum atomic E-state index is -0.309. The molecule has 0 aromatic heterocycles. The average Bonchev–Trinajstić information content (AvgIpc) is 2.64. The van der Waals surface area contributed by atoms with E-state index in [1.165, 1.54) is 19.1 Å². The van der Waals surface area contributed by atoms with Crippen LogP contribution < -0.4 is 0 Å². The lowest BCUT2D eigenvalue weighted by Gasteiger charge is -2.28. The molecule has 0 spiro atoms. The molecule has 0 N–H and O–H groups in total. The topological polar surface area (TPSA) is 40.6 Å². The summed E-state index contributed by atoms with van der Waals surface area (Å²) in [5.74, 6) is -0.401. The first-order valence-corrected chi connectivity index (χ1v) is 9.20. The van der Waals surface area contributed by atoms with Crippen molar-refractivity contribution in [2.75, 3.05) is 6.54 Å². The molecule has 0 saturated heterocycles. The third kappa shape index (κ3) is 6.51. The van der Waals surface area contributed by atoms with E-state index < -0.39 is 0 Å². The van der Waals surface area contributed by atoms with E-state index in [0.29, 0.717) is 19.6 Å². The molecule has 0 atom stereocenters. The van der Waals surface area contributed by atoms with Crippen molar-refractivity contribution in [3.05, 3.63) is 71.5 Å². The third-order valence-corrected chi connectivity index (χ3v) is 4.47. The van der Waals surface area contributed by atoms with Crippen molar-refractivity contribution in [2.24, 2.45) is 0 Å². The van der Waals surface area contributed by atoms with E-state index in [0.717, 1.165) is 11.1 Å². The van der Waals surface area contributed by atoms with Crippen LogP contribution in [-0.2, 0) is 22.7 Å². The van der Waals surface area contributed by atoms with Gasteiger partial charge in [-0.05, 0) is 37.1 Å². The van der Waals surface area contributed by atoms with E-state index in [4.69, 9.17) is 0 Å². The molecular formula is C22H27FN2O2. The molecular weight excluding hydrogens is 343 g/mol. The summed E-state index contributed by atoms with van der Waals surface area (Å²) in [7, 11) is 0. The Kier molecular flexibility index (Phi) is 7.53. The van der Waals surface area contributed by atoms with E-state index in [2.05, 4.69) is 0 Å². The van der Waals surface area contributed by atoms with Gasteiger partial charge in [-0.1, -0.05) is 42.5 Å². The molecule has 0 saturated carbocycles. The molecule has 0 aliphatic carbocycles. The third-order valence-electron chi connectivity index (χ3n) is 4.47. The van der Waals surface area contributed by atoms with Gasteiger partial charge in [-0.2, -0.15) is 0 Å². The standard InChI is InChI=1S/C22H27FN2O2/c1-17(2)25(16-19-7-5-4-6-8-19)22(27)13-14-24(18(3)26)15-20-9-11-21(23)12-10-20/h4-12,17H,13-16H2,1-3H3. The zero-order valence-electron chi connectivity index (χ0n) is 16.2. The SMILES string of the molecule is CC(=O)N(CCC(=O)N(Cc1ccccc1)C(C)C)Cc1ccc(F)cc1. The Labute approximate surface area is 160 Å². The summed E-state index contributed by atoms with van der Waals surface area (Å²) in [4.78, 5) is 28.1. The van der Waals surface area contributed by atoms with Crippen LogP contribution in [-0.4, -0.2) is 34.2 Å². The van der Waals surface area contributed by atoms with Crippen molar-refractivity contribution in [1.82, 2.24) is 9.80 Å². The van der Waals surface area contributed by atoms with Gasteiger partial charge in [0.2, 0.25) is 11.8 Å². The molecule has 0 aliphatic heterocycles. The van der Waals surface area contributed by atoms with Crippen LogP contribution in [0.15, 0.2) is 54.6 Å². The summed E-state index contributed by atoms with van der Waals surface area (Å²) in [5, 5.41) is 0. The van der Waals surface area contributed by atoms with Gasteiger partial charge in [0.25, 0.3) is 0 Å². The van der Waals surface area contributed by atoms with E-state index in [1.807, 2.05) is 49.1 Å². The number of amides is 2. The summed E-state index contributed by atoms with van der Waals surface area (Å²) in [6, 6.07) is 16.0. The van der Waals surface area contributed by atoms with Crippen molar-refractivity contribution in [3.63, 3.8) is 0 Å². The molecule has 0 fully saturated rings. The van der Waals surface area contributed by atoms with E-state index in [-0.39, 0.29) is 30.1 Å². The quantitative estimate of drug-likeness (QED) is 0.705. The van der Waals surface area contributed by atoms with Crippen molar-refractivity contribution in [1.29, 1.82) is 0 Å². The van der Waals surface area contributed by atoms with Gasteiger partial charge in [0.15, 0.2) is 0 Å². The minimum Gasteiger partial charge on any atom is -0.338 e. The second-order valence-corrected chi connectivity index (χ2v) is 6.92. The number of carbonyl (C=O) groups is 2. The van der Waals surface area contributed by atoms with Gasteiger partial charge in [-0.25, -0.2) is 4.39 Å². The highest BCUT2D eigenvalue weighted by Gasteiger charge is 2.19. The Hall–Kier alpha value is -2.69. The van der Waals surface area contributed by atoms with E-state index in [1.54, 1.807) is 17.0 Å². The van der Waals surface area contributed by atoms with Gasteiger partial charge in [0.1, 0.15) is 5.82 Å². The van der Waals surface area contributed by atoms with Gasteiger partial charge in [0.05, 0.1) is 0 Å².